The first-order valence-electron chi connectivity index (χ1n) is 9.99. The maximum Gasteiger partial charge on any atom is 0.303 e. The lowest BCUT2D eigenvalue weighted by molar-refractivity contribution is -0.137. The van der Waals surface area contributed by atoms with Crippen LogP contribution in [0.2, 0.25) is 0 Å². The summed E-state index contributed by atoms with van der Waals surface area (Å²) >= 11 is 0. The fourth-order valence-electron chi connectivity index (χ4n) is 3.00. The van der Waals surface area contributed by atoms with Gasteiger partial charge < -0.3 is 5.11 Å². The highest BCUT2D eigenvalue weighted by molar-refractivity contribution is 5.66. The van der Waals surface area contributed by atoms with Crippen LogP contribution in [0.5, 0.6) is 0 Å². The molecule has 22 heavy (non-hydrogen) atoms. The second-order valence-electron chi connectivity index (χ2n) is 6.80. The summed E-state index contributed by atoms with van der Waals surface area (Å²) in [6.45, 7) is 2.28. The quantitative estimate of drug-likeness (QED) is 0.274. The van der Waals surface area contributed by atoms with E-state index in [-0.39, 0.29) is 0 Å². The molecule has 0 unspecified atom stereocenters. The van der Waals surface area contributed by atoms with Gasteiger partial charge in [-0.2, -0.15) is 0 Å². The van der Waals surface area contributed by atoms with Crippen LogP contribution in [0.15, 0.2) is 0 Å². The Balaban J connectivity index is 2.95. The van der Waals surface area contributed by atoms with Crippen LogP contribution in [0.1, 0.15) is 122 Å². The summed E-state index contributed by atoms with van der Waals surface area (Å²) in [6, 6.07) is 0. The molecule has 1 N–H and O–H groups in total. The number of carboxylic acid groups (broad SMARTS) is 1. The molecule has 0 aliphatic rings. The Morgan fingerprint density at radius 1 is 0.545 bits per heavy atom. The van der Waals surface area contributed by atoms with Gasteiger partial charge in [0.1, 0.15) is 0 Å². The Labute approximate surface area is 139 Å². The highest BCUT2D eigenvalue weighted by Gasteiger charge is 1.97. The van der Waals surface area contributed by atoms with Gasteiger partial charge in [-0.25, -0.2) is 0 Å². The number of hydrogen-bond donors (Lipinski definition) is 1. The first-order valence-corrected chi connectivity index (χ1v) is 9.99. The number of carbonyl (C=O) groups is 1. The molecule has 0 aliphatic carbocycles. The summed E-state index contributed by atoms with van der Waals surface area (Å²) in [5.41, 5.74) is 0. The van der Waals surface area contributed by atoms with Crippen LogP contribution in [0.4, 0.5) is 0 Å². The molecule has 0 aliphatic heterocycles. The average Bonchev–Trinajstić information content (AvgIpc) is 2.50. The monoisotopic (exact) mass is 314 g/mol. The zero-order valence-corrected chi connectivity index (χ0v) is 15.1. The number of unbranched alkanes of at least 4 members (excludes halogenated alkanes) is 16. The number of hydrogen-bond acceptors (Lipinski definition) is 1. The van der Waals surface area contributed by atoms with Crippen molar-refractivity contribution in [3.8, 4) is 0 Å². The molecule has 2 nitrogen and oxygen atoms in total. The molecular weight excluding hydrogens is 274 g/mol. The number of aliphatic carboxylic acids is 1. The molecule has 0 fully saturated rings. The molecule has 0 rings (SSSR count). The Bertz CT molecular complexity index is 226. The van der Waals surface area contributed by atoms with Crippen molar-refractivity contribution in [2.24, 2.45) is 0 Å². The minimum atomic E-state index is -0.652. The maximum atomic E-state index is 10.4. The number of rotatable bonds is 18. The van der Waals surface area contributed by atoms with Gasteiger partial charge in [0, 0.05) is 6.42 Å². The van der Waals surface area contributed by atoms with E-state index in [9.17, 15) is 4.79 Å². The average molecular weight is 315 g/mol. The lowest BCUT2D eigenvalue weighted by Gasteiger charge is -2.03. The van der Waals surface area contributed by atoms with Gasteiger partial charge in [-0.05, 0) is 6.42 Å². The van der Waals surface area contributed by atoms with E-state index in [2.05, 4.69) is 6.92 Å². The predicted octanol–water partition coefficient (Wildman–Crippen LogP) is 7.11. The van der Waals surface area contributed by atoms with Crippen LogP contribution in [-0.4, -0.2) is 11.1 Å². The van der Waals surface area contributed by atoms with Crippen LogP contribution in [0.25, 0.3) is 0 Å². The highest BCUT2D eigenvalue weighted by atomic mass is 16.6. The fraction of sp³-hybridized carbons (Fsp3) is 0.950. The van der Waals surface area contributed by atoms with Gasteiger partial charge in [0.25, 0.3) is 0 Å². The van der Waals surface area contributed by atoms with Crippen molar-refractivity contribution in [1.29, 1.82) is 0 Å². The molecule has 132 valence electrons. The molecule has 0 saturated heterocycles. The molecule has 0 aromatic carbocycles. The van der Waals surface area contributed by atoms with Crippen molar-refractivity contribution in [1.82, 2.24) is 0 Å². The van der Waals surface area contributed by atoms with Gasteiger partial charge in [-0.15, -0.1) is 0 Å². The largest absolute Gasteiger partial charge is 0.481 e. The second-order valence-corrected chi connectivity index (χ2v) is 6.80. The van der Waals surface area contributed by atoms with Gasteiger partial charge in [-0.1, -0.05) is 110 Å². The van der Waals surface area contributed by atoms with E-state index < -0.39 is 5.97 Å². The van der Waals surface area contributed by atoms with Gasteiger partial charge >= 0.3 is 5.97 Å². The van der Waals surface area contributed by atoms with Crippen LogP contribution < -0.4 is 0 Å². The third kappa shape index (κ3) is 19.5. The zero-order chi connectivity index (χ0) is 16.3. The first-order chi connectivity index (χ1) is 10.8. The molecule has 0 saturated carbocycles. The topological polar surface area (TPSA) is 37.3 Å². The molecule has 0 aromatic heterocycles. The molecule has 0 bridgehead atoms. The lowest BCUT2D eigenvalue weighted by atomic mass is 10.0. The van der Waals surface area contributed by atoms with Crippen LogP contribution >= 0.6 is 0 Å². The standard InChI is InChI=1S/C20H40O2/c1-2-3-4-5-6-7-8-9-10-11-12-13-14-15-16-17-18-19-20(21)22/h2-19H2,1H3,(H,21,22)/i20+2. The summed E-state index contributed by atoms with van der Waals surface area (Å²) in [7, 11) is 0. The van der Waals surface area contributed by atoms with Crippen LogP contribution in [0, 0.1) is 0 Å². The Morgan fingerprint density at radius 2 is 0.818 bits per heavy atom. The van der Waals surface area contributed by atoms with Crippen molar-refractivity contribution < 1.29 is 9.90 Å². The van der Waals surface area contributed by atoms with Crippen LogP contribution in [-0.2, 0) is 4.79 Å². The van der Waals surface area contributed by atoms with E-state index in [4.69, 9.17) is 5.11 Å². The zero-order valence-electron chi connectivity index (χ0n) is 15.1. The van der Waals surface area contributed by atoms with E-state index in [1.807, 2.05) is 0 Å². The molecule has 0 aromatic rings. The summed E-state index contributed by atoms with van der Waals surface area (Å²) in [6.07, 6.45) is 23.1. The number of carboxylic acids is 1. The lowest BCUT2D eigenvalue weighted by Crippen LogP contribution is -1.93. The highest BCUT2D eigenvalue weighted by Crippen LogP contribution is 2.14. The fourth-order valence-corrected chi connectivity index (χ4v) is 3.00. The van der Waals surface area contributed by atoms with E-state index in [1.165, 1.54) is 96.3 Å². The minimum Gasteiger partial charge on any atom is -0.481 e. The van der Waals surface area contributed by atoms with Crippen molar-refractivity contribution in [3.05, 3.63) is 0 Å². The molecule has 0 radical (unpaired) electrons. The van der Waals surface area contributed by atoms with Gasteiger partial charge in [0.05, 0.1) is 0 Å². The van der Waals surface area contributed by atoms with Gasteiger partial charge in [0.2, 0.25) is 0 Å². The SMILES string of the molecule is CCCCCCCCCCCCCCCCCCC[14C](=O)O. The maximum absolute atomic E-state index is 10.4. The summed E-state index contributed by atoms with van der Waals surface area (Å²) < 4.78 is 0. The summed E-state index contributed by atoms with van der Waals surface area (Å²) in [4.78, 5) is 10.4. The molecule has 2 heteroatoms. The first kappa shape index (κ1) is 21.5. The Hall–Kier alpha value is -0.530. The second kappa shape index (κ2) is 18.5. The smallest absolute Gasteiger partial charge is 0.303 e. The van der Waals surface area contributed by atoms with E-state index >= 15 is 0 Å². The third-order valence-electron chi connectivity index (χ3n) is 4.49. The summed E-state index contributed by atoms with van der Waals surface area (Å²) in [5.74, 6) is -0.652. The van der Waals surface area contributed by atoms with E-state index in [0.29, 0.717) is 6.42 Å². The van der Waals surface area contributed by atoms with Crippen molar-refractivity contribution >= 4 is 5.97 Å². The van der Waals surface area contributed by atoms with Crippen molar-refractivity contribution in [3.63, 3.8) is 0 Å². The summed E-state index contributed by atoms with van der Waals surface area (Å²) in [5, 5.41) is 8.54. The molecule has 0 atom stereocenters. The molecular formula is C20H40O2. The minimum absolute atomic E-state index is 0.346. The third-order valence-corrected chi connectivity index (χ3v) is 4.49. The Morgan fingerprint density at radius 3 is 1.09 bits per heavy atom. The van der Waals surface area contributed by atoms with E-state index in [0.717, 1.165) is 12.8 Å². The van der Waals surface area contributed by atoms with Crippen molar-refractivity contribution in [2.75, 3.05) is 0 Å². The van der Waals surface area contributed by atoms with E-state index in [1.54, 1.807) is 0 Å². The normalized spacial score (nSPS) is 11.0. The molecule has 0 heterocycles. The molecule has 0 amide bonds. The predicted molar refractivity (Wildman–Crippen MR) is 96.4 cm³/mol. The van der Waals surface area contributed by atoms with Crippen LogP contribution in [0.3, 0.4) is 0 Å². The van der Waals surface area contributed by atoms with Crippen molar-refractivity contribution in [2.45, 2.75) is 122 Å². The Kier molecular flexibility index (Phi) is 18.1. The van der Waals surface area contributed by atoms with Gasteiger partial charge in [-0.3, -0.25) is 4.79 Å². The molecule has 0 spiro atoms. The van der Waals surface area contributed by atoms with Gasteiger partial charge in [0.15, 0.2) is 0 Å².